The third-order valence-corrected chi connectivity index (χ3v) is 3.04. The molecule has 0 radical (unpaired) electrons. The van der Waals surface area contributed by atoms with Crippen molar-refractivity contribution in [1.82, 2.24) is 4.98 Å². The molecule has 1 aromatic heterocycles. The molecule has 2 aromatic carbocycles. The number of nitrogens with one attached hydrogen (secondary N) is 1. The highest BCUT2D eigenvalue weighted by molar-refractivity contribution is 5.86. The maximum Gasteiger partial charge on any atom is 0.300 e. The summed E-state index contributed by atoms with van der Waals surface area (Å²) in [6, 6.07) is 14.1. The summed E-state index contributed by atoms with van der Waals surface area (Å²) >= 11 is 0. The number of nitrogen functional groups attached to an aromatic ring is 1. The minimum Gasteiger partial charge on any atom is -0.423 e. The number of para-hydroxylation sites is 1. The Labute approximate surface area is 111 Å². The normalized spacial score (nSPS) is 10.8. The first-order valence-corrected chi connectivity index (χ1v) is 6.27. The molecule has 0 spiro atoms. The summed E-state index contributed by atoms with van der Waals surface area (Å²) in [5.74, 6) is 0. The average Bonchev–Trinajstić information content (AvgIpc) is 2.83. The number of hydrogen-bond acceptors (Lipinski definition) is 4. The summed E-state index contributed by atoms with van der Waals surface area (Å²) in [6.45, 7) is 2.12. The lowest BCUT2D eigenvalue weighted by atomic mass is 10.1. The third kappa shape index (κ3) is 2.25. The third-order valence-electron chi connectivity index (χ3n) is 3.04. The monoisotopic (exact) mass is 253 g/mol. The molecule has 4 heteroatoms. The molecule has 0 saturated carbocycles. The number of aryl methyl sites for hydroxylation is 1. The van der Waals surface area contributed by atoms with Gasteiger partial charge in [0.15, 0.2) is 5.58 Å². The van der Waals surface area contributed by atoms with Gasteiger partial charge in [-0.1, -0.05) is 25.1 Å². The van der Waals surface area contributed by atoms with Gasteiger partial charge in [0.25, 0.3) is 6.01 Å². The minimum absolute atomic E-state index is 0.459. The van der Waals surface area contributed by atoms with Gasteiger partial charge in [0.1, 0.15) is 5.52 Å². The second-order valence-electron chi connectivity index (χ2n) is 4.39. The summed E-state index contributed by atoms with van der Waals surface area (Å²) in [6.07, 6.45) is 0.996. The Hall–Kier alpha value is -2.49. The van der Waals surface area contributed by atoms with E-state index in [2.05, 4.69) is 29.4 Å². The van der Waals surface area contributed by atoms with Gasteiger partial charge in [-0.2, -0.15) is 4.98 Å². The molecular weight excluding hydrogens is 238 g/mol. The van der Waals surface area contributed by atoms with Crippen LogP contribution in [0.15, 0.2) is 46.9 Å². The van der Waals surface area contributed by atoms with E-state index in [0.717, 1.165) is 12.1 Å². The van der Waals surface area contributed by atoms with Gasteiger partial charge in [0.2, 0.25) is 0 Å². The Morgan fingerprint density at radius 1 is 1.21 bits per heavy atom. The molecule has 1 heterocycles. The molecule has 0 unspecified atom stereocenters. The summed E-state index contributed by atoms with van der Waals surface area (Å²) in [5, 5.41) is 3.16. The van der Waals surface area contributed by atoms with Crippen molar-refractivity contribution in [3.63, 3.8) is 0 Å². The van der Waals surface area contributed by atoms with Gasteiger partial charge in [-0.05, 0) is 36.2 Å². The molecule has 0 aliphatic carbocycles. The lowest BCUT2D eigenvalue weighted by Gasteiger charge is -2.03. The van der Waals surface area contributed by atoms with Gasteiger partial charge in [-0.25, -0.2) is 0 Å². The van der Waals surface area contributed by atoms with E-state index in [1.54, 1.807) is 0 Å². The Morgan fingerprint density at radius 2 is 2.05 bits per heavy atom. The molecule has 0 saturated heterocycles. The van der Waals surface area contributed by atoms with Crippen LogP contribution in [0.2, 0.25) is 0 Å². The molecule has 3 aromatic rings. The first-order valence-electron chi connectivity index (χ1n) is 6.27. The van der Waals surface area contributed by atoms with E-state index in [1.165, 1.54) is 5.56 Å². The molecule has 0 aliphatic rings. The second-order valence-corrected chi connectivity index (χ2v) is 4.39. The second kappa shape index (κ2) is 4.65. The molecule has 3 N–H and O–H groups in total. The summed E-state index contributed by atoms with van der Waals surface area (Å²) in [5.41, 5.74) is 10.1. The minimum atomic E-state index is 0.459. The lowest BCUT2D eigenvalue weighted by Crippen LogP contribution is -1.91. The van der Waals surface area contributed by atoms with Gasteiger partial charge in [-0.3, -0.25) is 0 Å². The van der Waals surface area contributed by atoms with E-state index in [0.29, 0.717) is 22.8 Å². The van der Waals surface area contributed by atoms with Gasteiger partial charge in [0.05, 0.1) is 5.69 Å². The first kappa shape index (κ1) is 11.6. The maximum absolute atomic E-state index is 5.86. The first-order chi connectivity index (χ1) is 9.26. The Morgan fingerprint density at radius 3 is 2.84 bits per heavy atom. The van der Waals surface area contributed by atoms with Crippen LogP contribution in [0.5, 0.6) is 0 Å². The zero-order valence-electron chi connectivity index (χ0n) is 10.7. The van der Waals surface area contributed by atoms with Crippen LogP contribution in [0.1, 0.15) is 12.5 Å². The molecular formula is C15H15N3O. The highest BCUT2D eigenvalue weighted by Crippen LogP contribution is 2.25. The number of oxazole rings is 1. The van der Waals surface area contributed by atoms with Crippen LogP contribution in [0.25, 0.3) is 11.1 Å². The largest absolute Gasteiger partial charge is 0.423 e. The van der Waals surface area contributed by atoms with E-state index in [4.69, 9.17) is 10.2 Å². The standard InChI is InChI=1S/C15H15N3O/c1-2-10-5-3-6-11(9-10)17-15-18-14-12(16)7-4-8-13(14)19-15/h3-9H,2,16H2,1H3,(H,17,18). The summed E-state index contributed by atoms with van der Waals surface area (Å²) in [4.78, 5) is 4.36. The van der Waals surface area contributed by atoms with Crippen molar-refractivity contribution in [2.75, 3.05) is 11.1 Å². The van der Waals surface area contributed by atoms with Crippen LogP contribution in [0, 0.1) is 0 Å². The maximum atomic E-state index is 5.86. The van der Waals surface area contributed by atoms with Crippen molar-refractivity contribution in [3.05, 3.63) is 48.0 Å². The van der Waals surface area contributed by atoms with Crippen LogP contribution in [0.4, 0.5) is 17.4 Å². The topological polar surface area (TPSA) is 64.1 Å². The fraction of sp³-hybridized carbons (Fsp3) is 0.133. The molecule has 19 heavy (non-hydrogen) atoms. The average molecular weight is 253 g/mol. The summed E-state index contributed by atoms with van der Waals surface area (Å²) < 4.78 is 5.62. The van der Waals surface area contributed by atoms with E-state index < -0.39 is 0 Å². The van der Waals surface area contributed by atoms with Gasteiger partial charge < -0.3 is 15.5 Å². The lowest BCUT2D eigenvalue weighted by molar-refractivity contribution is 0.623. The number of nitrogens with two attached hydrogens (primary N) is 1. The van der Waals surface area contributed by atoms with Crippen molar-refractivity contribution in [1.29, 1.82) is 0 Å². The zero-order chi connectivity index (χ0) is 13.2. The van der Waals surface area contributed by atoms with Gasteiger partial charge >= 0.3 is 0 Å². The fourth-order valence-electron chi connectivity index (χ4n) is 2.02. The van der Waals surface area contributed by atoms with Crippen molar-refractivity contribution >= 4 is 28.5 Å². The van der Waals surface area contributed by atoms with E-state index in [-0.39, 0.29) is 0 Å². The smallest absolute Gasteiger partial charge is 0.300 e. The Bertz CT molecular complexity index is 718. The SMILES string of the molecule is CCc1cccc(Nc2nc3c(N)cccc3o2)c1. The van der Waals surface area contributed by atoms with E-state index in [9.17, 15) is 0 Å². The Balaban J connectivity index is 1.94. The molecule has 3 rings (SSSR count). The highest BCUT2D eigenvalue weighted by atomic mass is 16.4. The molecule has 4 nitrogen and oxygen atoms in total. The van der Waals surface area contributed by atoms with Gasteiger partial charge in [-0.15, -0.1) is 0 Å². The number of benzene rings is 2. The molecule has 0 fully saturated rings. The number of nitrogens with zero attached hydrogens (tertiary/aromatic N) is 1. The van der Waals surface area contributed by atoms with Crippen molar-refractivity contribution < 1.29 is 4.42 Å². The molecule has 96 valence electrons. The molecule has 0 aliphatic heterocycles. The number of hydrogen-bond donors (Lipinski definition) is 2. The molecule has 0 amide bonds. The molecule has 0 atom stereocenters. The van der Waals surface area contributed by atoms with Crippen LogP contribution >= 0.6 is 0 Å². The number of fused-ring (bicyclic) bond motifs is 1. The van der Waals surface area contributed by atoms with Crippen LogP contribution in [-0.4, -0.2) is 4.98 Å². The highest BCUT2D eigenvalue weighted by Gasteiger charge is 2.08. The van der Waals surface area contributed by atoms with Gasteiger partial charge in [0, 0.05) is 5.69 Å². The molecule has 0 bridgehead atoms. The number of rotatable bonds is 3. The fourth-order valence-corrected chi connectivity index (χ4v) is 2.02. The van der Waals surface area contributed by atoms with Crippen molar-refractivity contribution in [3.8, 4) is 0 Å². The zero-order valence-corrected chi connectivity index (χ0v) is 10.7. The van der Waals surface area contributed by atoms with Crippen LogP contribution < -0.4 is 11.1 Å². The van der Waals surface area contributed by atoms with Crippen molar-refractivity contribution in [2.45, 2.75) is 13.3 Å². The quantitative estimate of drug-likeness (QED) is 0.698. The van der Waals surface area contributed by atoms with Crippen LogP contribution in [-0.2, 0) is 6.42 Å². The predicted molar refractivity (Wildman–Crippen MR) is 77.5 cm³/mol. The Kier molecular flexibility index (Phi) is 2.83. The predicted octanol–water partition coefficient (Wildman–Crippen LogP) is 3.72. The van der Waals surface area contributed by atoms with E-state index in [1.807, 2.05) is 30.3 Å². The van der Waals surface area contributed by atoms with E-state index >= 15 is 0 Å². The summed E-state index contributed by atoms with van der Waals surface area (Å²) in [7, 11) is 0. The number of anilines is 3. The number of aromatic nitrogens is 1. The van der Waals surface area contributed by atoms with Crippen molar-refractivity contribution in [2.24, 2.45) is 0 Å². The van der Waals surface area contributed by atoms with Crippen LogP contribution in [0.3, 0.4) is 0 Å².